The van der Waals surface area contributed by atoms with Gasteiger partial charge in [-0.25, -0.2) is 0 Å². The van der Waals surface area contributed by atoms with Crippen molar-refractivity contribution in [3.05, 3.63) is 17.8 Å². The number of hydrogen-bond acceptors (Lipinski definition) is 4. The zero-order chi connectivity index (χ0) is 9.52. The van der Waals surface area contributed by atoms with Crippen LogP contribution in [0, 0.1) is 11.8 Å². The van der Waals surface area contributed by atoms with Crippen molar-refractivity contribution in [1.82, 2.24) is 10.2 Å². The summed E-state index contributed by atoms with van der Waals surface area (Å²) in [6, 6.07) is 3.35. The lowest BCUT2D eigenvalue weighted by Crippen LogP contribution is -1.91. The monoisotopic (exact) mass is 176 g/mol. The van der Waals surface area contributed by atoms with E-state index in [-0.39, 0.29) is 6.42 Å². The second kappa shape index (κ2) is 4.88. The van der Waals surface area contributed by atoms with Crippen LogP contribution in [0.15, 0.2) is 12.1 Å². The SMILES string of the molecule is COc1ccc(C#CCC=O)nn1. The van der Waals surface area contributed by atoms with Gasteiger partial charge in [0, 0.05) is 6.07 Å². The van der Waals surface area contributed by atoms with Crippen molar-refractivity contribution in [2.75, 3.05) is 7.11 Å². The van der Waals surface area contributed by atoms with Crippen molar-refractivity contribution in [2.45, 2.75) is 6.42 Å². The molecule has 0 saturated carbocycles. The second-order valence-electron chi connectivity index (χ2n) is 2.13. The fourth-order valence-electron chi connectivity index (χ4n) is 0.679. The van der Waals surface area contributed by atoms with Crippen molar-refractivity contribution in [2.24, 2.45) is 0 Å². The van der Waals surface area contributed by atoms with Gasteiger partial charge >= 0.3 is 0 Å². The summed E-state index contributed by atoms with van der Waals surface area (Å²) < 4.78 is 4.82. The van der Waals surface area contributed by atoms with Gasteiger partial charge in [-0.3, -0.25) is 0 Å². The van der Waals surface area contributed by atoms with Gasteiger partial charge in [0.2, 0.25) is 5.88 Å². The highest BCUT2D eigenvalue weighted by atomic mass is 16.5. The second-order valence-corrected chi connectivity index (χ2v) is 2.13. The first-order valence-electron chi connectivity index (χ1n) is 3.67. The standard InChI is InChI=1S/C9H8N2O2/c1-13-9-6-5-8(10-11-9)4-2-3-7-12/h5-7H,3H2,1H3. The third-order valence-electron chi connectivity index (χ3n) is 1.25. The zero-order valence-corrected chi connectivity index (χ0v) is 7.15. The van der Waals surface area contributed by atoms with Gasteiger partial charge in [-0.05, 0) is 12.0 Å². The molecule has 0 aromatic carbocycles. The molecule has 4 nitrogen and oxygen atoms in total. The van der Waals surface area contributed by atoms with Crippen LogP contribution in [0.5, 0.6) is 5.88 Å². The average Bonchev–Trinajstić information content (AvgIpc) is 2.19. The van der Waals surface area contributed by atoms with E-state index < -0.39 is 0 Å². The zero-order valence-electron chi connectivity index (χ0n) is 7.15. The molecule has 0 atom stereocenters. The summed E-state index contributed by atoms with van der Waals surface area (Å²) in [6.07, 6.45) is 0.956. The molecule has 0 saturated heterocycles. The molecule has 0 aliphatic rings. The molecule has 0 unspecified atom stereocenters. The molecule has 0 N–H and O–H groups in total. The predicted molar refractivity (Wildman–Crippen MR) is 46.1 cm³/mol. The first-order chi connectivity index (χ1) is 6.36. The van der Waals surface area contributed by atoms with E-state index in [9.17, 15) is 4.79 Å². The van der Waals surface area contributed by atoms with Gasteiger partial charge in [-0.1, -0.05) is 5.92 Å². The van der Waals surface area contributed by atoms with Crippen LogP contribution in [-0.4, -0.2) is 23.6 Å². The van der Waals surface area contributed by atoms with Crippen molar-refractivity contribution in [1.29, 1.82) is 0 Å². The first kappa shape index (κ1) is 9.20. The van der Waals surface area contributed by atoms with Gasteiger partial charge in [0.05, 0.1) is 13.5 Å². The minimum atomic E-state index is 0.216. The molecule has 4 heteroatoms. The molecule has 0 fully saturated rings. The highest BCUT2D eigenvalue weighted by Gasteiger charge is 1.92. The van der Waals surface area contributed by atoms with Crippen LogP contribution < -0.4 is 4.74 Å². The maximum absolute atomic E-state index is 9.94. The molecular formula is C9H8N2O2. The van der Waals surface area contributed by atoms with Gasteiger partial charge in [0.15, 0.2) is 0 Å². The Morgan fingerprint density at radius 2 is 2.38 bits per heavy atom. The molecule has 0 radical (unpaired) electrons. The van der Waals surface area contributed by atoms with Gasteiger partial charge in [-0.2, -0.15) is 0 Å². The molecule has 0 spiro atoms. The average molecular weight is 176 g/mol. The Labute approximate surface area is 75.9 Å². The van der Waals surface area contributed by atoms with Crippen LogP contribution in [0.25, 0.3) is 0 Å². The minimum absolute atomic E-state index is 0.216. The third-order valence-corrected chi connectivity index (χ3v) is 1.25. The van der Waals surface area contributed by atoms with Crippen LogP contribution in [0.3, 0.4) is 0 Å². The van der Waals surface area contributed by atoms with E-state index in [0.29, 0.717) is 11.6 Å². The Morgan fingerprint density at radius 1 is 1.54 bits per heavy atom. The molecule has 1 rings (SSSR count). The van der Waals surface area contributed by atoms with Gasteiger partial charge in [0.1, 0.15) is 12.0 Å². The van der Waals surface area contributed by atoms with E-state index in [0.717, 1.165) is 6.29 Å². The molecule has 0 aliphatic heterocycles. The lowest BCUT2D eigenvalue weighted by Gasteiger charge is -1.94. The highest BCUT2D eigenvalue weighted by Crippen LogP contribution is 2.01. The van der Waals surface area contributed by atoms with Crippen LogP contribution in [-0.2, 0) is 4.79 Å². The number of carbonyl (C=O) groups is 1. The predicted octanol–water partition coefficient (Wildman–Crippen LogP) is 0.426. The molecule has 0 amide bonds. The molecular weight excluding hydrogens is 168 g/mol. The summed E-state index contributed by atoms with van der Waals surface area (Å²) in [7, 11) is 1.52. The van der Waals surface area contributed by atoms with Crippen LogP contribution in [0.1, 0.15) is 12.1 Å². The van der Waals surface area contributed by atoms with E-state index in [2.05, 4.69) is 22.0 Å². The van der Waals surface area contributed by atoms with Crippen LogP contribution in [0.2, 0.25) is 0 Å². The number of rotatable bonds is 2. The van der Waals surface area contributed by atoms with Crippen LogP contribution >= 0.6 is 0 Å². The Kier molecular flexibility index (Phi) is 3.45. The molecule has 1 heterocycles. The Hall–Kier alpha value is -1.89. The Balaban J connectivity index is 2.70. The summed E-state index contributed by atoms with van der Waals surface area (Å²) in [4.78, 5) is 9.94. The van der Waals surface area contributed by atoms with Gasteiger partial charge in [-0.15, -0.1) is 10.2 Å². The van der Waals surface area contributed by atoms with Crippen molar-refractivity contribution >= 4 is 6.29 Å². The normalized spacial score (nSPS) is 8.38. The molecule has 0 bridgehead atoms. The quantitative estimate of drug-likeness (QED) is 0.484. The maximum atomic E-state index is 9.94. The number of hydrogen-bond donors (Lipinski definition) is 0. The Bertz CT molecular complexity index is 335. The molecule has 1 aromatic rings. The summed E-state index contributed by atoms with van der Waals surface area (Å²) in [6.45, 7) is 0. The maximum Gasteiger partial charge on any atom is 0.233 e. The summed E-state index contributed by atoms with van der Waals surface area (Å²) >= 11 is 0. The molecule has 0 aliphatic carbocycles. The van der Waals surface area contributed by atoms with E-state index >= 15 is 0 Å². The smallest absolute Gasteiger partial charge is 0.233 e. The summed E-state index contributed by atoms with van der Waals surface area (Å²) in [5.74, 6) is 5.76. The highest BCUT2D eigenvalue weighted by molar-refractivity contribution is 5.54. The number of carbonyl (C=O) groups excluding carboxylic acids is 1. The lowest BCUT2D eigenvalue weighted by molar-refractivity contribution is -0.107. The number of methoxy groups -OCH3 is 1. The molecule has 66 valence electrons. The van der Waals surface area contributed by atoms with E-state index in [1.54, 1.807) is 12.1 Å². The first-order valence-corrected chi connectivity index (χ1v) is 3.67. The van der Waals surface area contributed by atoms with E-state index in [4.69, 9.17) is 4.74 Å². The fraction of sp³-hybridized carbons (Fsp3) is 0.222. The van der Waals surface area contributed by atoms with E-state index in [1.807, 2.05) is 0 Å². The largest absolute Gasteiger partial charge is 0.480 e. The van der Waals surface area contributed by atoms with Crippen molar-refractivity contribution < 1.29 is 9.53 Å². The van der Waals surface area contributed by atoms with Crippen molar-refractivity contribution in [3.63, 3.8) is 0 Å². The lowest BCUT2D eigenvalue weighted by atomic mass is 10.3. The van der Waals surface area contributed by atoms with Gasteiger partial charge in [0.25, 0.3) is 0 Å². The summed E-state index contributed by atoms with van der Waals surface area (Å²) in [5.41, 5.74) is 0.530. The molecule has 13 heavy (non-hydrogen) atoms. The van der Waals surface area contributed by atoms with E-state index in [1.165, 1.54) is 7.11 Å². The summed E-state index contributed by atoms with van der Waals surface area (Å²) in [5, 5.41) is 7.47. The van der Waals surface area contributed by atoms with Crippen molar-refractivity contribution in [3.8, 4) is 17.7 Å². The number of aromatic nitrogens is 2. The minimum Gasteiger partial charge on any atom is -0.480 e. The number of nitrogens with zero attached hydrogens (tertiary/aromatic N) is 2. The molecule has 1 aromatic heterocycles. The van der Waals surface area contributed by atoms with Crippen LogP contribution in [0.4, 0.5) is 0 Å². The number of ether oxygens (including phenoxy) is 1. The number of aldehydes is 1. The fourth-order valence-corrected chi connectivity index (χ4v) is 0.679. The Morgan fingerprint density at radius 3 is 2.92 bits per heavy atom. The topological polar surface area (TPSA) is 52.1 Å². The van der Waals surface area contributed by atoms with Gasteiger partial charge < -0.3 is 9.53 Å². The third kappa shape index (κ3) is 2.91.